The lowest BCUT2D eigenvalue weighted by atomic mass is 10.1. The highest BCUT2D eigenvalue weighted by molar-refractivity contribution is 5.77. The molecule has 2 heterocycles. The van der Waals surface area contributed by atoms with Crippen molar-refractivity contribution in [3.05, 3.63) is 35.8 Å². The van der Waals surface area contributed by atoms with Crippen LogP contribution >= 0.6 is 0 Å². The van der Waals surface area contributed by atoms with Crippen LogP contribution in [-0.4, -0.2) is 20.9 Å². The molecule has 1 aliphatic heterocycles. The van der Waals surface area contributed by atoms with Crippen molar-refractivity contribution in [3.63, 3.8) is 0 Å². The Balaban J connectivity index is 2.08. The van der Waals surface area contributed by atoms with Gasteiger partial charge in [0.2, 0.25) is 5.79 Å². The largest absolute Gasteiger partial charge is 0.464 e. The molecule has 0 saturated carbocycles. The normalized spacial score (nSPS) is 22.4. The fourth-order valence-corrected chi connectivity index (χ4v) is 2.69. The van der Waals surface area contributed by atoms with E-state index in [1.807, 2.05) is 59.0 Å². The van der Waals surface area contributed by atoms with Gasteiger partial charge in [0.05, 0.1) is 11.0 Å². The molecule has 2 aromatic rings. The topological polar surface area (TPSA) is 36.3 Å². The minimum absolute atomic E-state index is 0.443. The Morgan fingerprint density at radius 2 is 1.85 bits per heavy atom. The molecule has 1 aliphatic rings. The maximum Gasteiger partial charge on any atom is 0.205 e. The van der Waals surface area contributed by atoms with Gasteiger partial charge in [-0.2, -0.15) is 0 Å². The van der Waals surface area contributed by atoms with Gasteiger partial charge in [0.1, 0.15) is 17.2 Å². The van der Waals surface area contributed by atoms with Crippen molar-refractivity contribution in [2.24, 2.45) is 7.05 Å². The third kappa shape index (κ3) is 2.10. The molecule has 0 aliphatic carbocycles. The number of aryl methyl sites for hydroxylation is 1. The second-order valence-corrected chi connectivity index (χ2v) is 6.14. The van der Waals surface area contributed by atoms with E-state index in [1.54, 1.807) is 0 Å². The van der Waals surface area contributed by atoms with Gasteiger partial charge in [-0.1, -0.05) is 12.1 Å². The number of hydrogen-bond donors (Lipinski definition) is 0. The number of hydrogen-bond acceptors (Lipinski definition) is 3. The zero-order chi connectivity index (χ0) is 14.5. The highest BCUT2D eigenvalue weighted by Crippen LogP contribution is 2.39. The molecule has 20 heavy (non-hydrogen) atoms. The maximum atomic E-state index is 5.91. The Kier molecular flexibility index (Phi) is 2.70. The van der Waals surface area contributed by atoms with E-state index in [0.29, 0.717) is 0 Å². The average Bonchev–Trinajstić information content (AvgIpc) is 2.75. The van der Waals surface area contributed by atoms with Gasteiger partial charge in [-0.15, -0.1) is 0 Å². The molecule has 0 atom stereocenters. The number of nitrogens with zero attached hydrogens (tertiary/aromatic N) is 2. The van der Waals surface area contributed by atoms with E-state index in [2.05, 4.69) is 15.6 Å². The minimum Gasteiger partial charge on any atom is -0.464 e. The van der Waals surface area contributed by atoms with Gasteiger partial charge in [-0.3, -0.25) is 0 Å². The molecule has 0 N–H and O–H groups in total. The summed E-state index contributed by atoms with van der Waals surface area (Å²) in [6, 6.07) is 8.08. The molecule has 106 valence electrons. The van der Waals surface area contributed by atoms with Crippen LogP contribution in [0.2, 0.25) is 0 Å². The Morgan fingerprint density at radius 1 is 1.15 bits per heavy atom. The van der Waals surface area contributed by atoms with Crippen LogP contribution < -0.4 is 0 Å². The summed E-state index contributed by atoms with van der Waals surface area (Å²) in [5, 5.41) is 0. The van der Waals surface area contributed by atoms with Crippen molar-refractivity contribution in [1.29, 1.82) is 0 Å². The van der Waals surface area contributed by atoms with Crippen molar-refractivity contribution < 1.29 is 9.47 Å². The Labute approximate surface area is 119 Å². The molecule has 0 radical (unpaired) electrons. The van der Waals surface area contributed by atoms with Gasteiger partial charge in [-0.05, 0) is 26.0 Å². The molecule has 0 bridgehead atoms. The lowest BCUT2D eigenvalue weighted by Gasteiger charge is -2.18. The quantitative estimate of drug-likeness (QED) is 0.797. The zero-order valence-corrected chi connectivity index (χ0v) is 12.6. The average molecular weight is 272 g/mol. The van der Waals surface area contributed by atoms with E-state index < -0.39 is 11.4 Å². The molecule has 0 unspecified atom stereocenters. The second kappa shape index (κ2) is 4.09. The number of rotatable bonds is 1. The Hall–Kier alpha value is -1.81. The molecule has 0 spiro atoms. The first-order chi connectivity index (χ1) is 9.28. The number of imidazole rings is 1. The summed E-state index contributed by atoms with van der Waals surface area (Å²) in [6.45, 7) is 7.86. The smallest absolute Gasteiger partial charge is 0.205 e. The highest BCUT2D eigenvalue weighted by Gasteiger charge is 2.43. The summed E-state index contributed by atoms with van der Waals surface area (Å²) < 4.78 is 13.9. The van der Waals surface area contributed by atoms with Gasteiger partial charge >= 0.3 is 0 Å². The van der Waals surface area contributed by atoms with Crippen molar-refractivity contribution >= 4 is 17.1 Å². The van der Waals surface area contributed by atoms with Gasteiger partial charge in [0.15, 0.2) is 0 Å². The van der Waals surface area contributed by atoms with E-state index >= 15 is 0 Å². The van der Waals surface area contributed by atoms with Crippen LogP contribution in [0.15, 0.2) is 30.0 Å². The Bertz CT molecular complexity index is 696. The van der Waals surface area contributed by atoms with Crippen molar-refractivity contribution in [3.8, 4) is 0 Å². The predicted octanol–water partition coefficient (Wildman–Crippen LogP) is 3.48. The van der Waals surface area contributed by atoms with Crippen LogP contribution in [-0.2, 0) is 16.5 Å². The van der Waals surface area contributed by atoms with Gasteiger partial charge in [0.25, 0.3) is 0 Å². The third-order valence-electron chi connectivity index (χ3n) is 3.53. The summed E-state index contributed by atoms with van der Waals surface area (Å²) in [5.41, 5.74) is 1.65. The van der Waals surface area contributed by atoms with E-state index in [9.17, 15) is 0 Å². The first kappa shape index (κ1) is 13.2. The predicted molar refractivity (Wildman–Crippen MR) is 79.0 cm³/mol. The van der Waals surface area contributed by atoms with Crippen LogP contribution in [0.3, 0.4) is 0 Å². The second-order valence-electron chi connectivity index (χ2n) is 6.14. The summed E-state index contributed by atoms with van der Waals surface area (Å²) in [6.07, 6.45) is 1.97. The summed E-state index contributed by atoms with van der Waals surface area (Å²) in [5.74, 6) is 1.08. The van der Waals surface area contributed by atoms with Gasteiger partial charge in [-0.25, -0.2) is 4.98 Å². The van der Waals surface area contributed by atoms with Gasteiger partial charge < -0.3 is 14.0 Å². The van der Waals surface area contributed by atoms with E-state index in [0.717, 1.165) is 22.6 Å². The van der Waals surface area contributed by atoms with Crippen LogP contribution in [0.1, 0.15) is 33.5 Å². The zero-order valence-electron chi connectivity index (χ0n) is 12.6. The van der Waals surface area contributed by atoms with Crippen LogP contribution in [0.25, 0.3) is 17.1 Å². The van der Waals surface area contributed by atoms with Gasteiger partial charge in [0, 0.05) is 27.0 Å². The first-order valence-electron chi connectivity index (χ1n) is 6.81. The molecule has 1 aromatic carbocycles. The highest BCUT2D eigenvalue weighted by atomic mass is 16.8. The molecule has 1 fully saturated rings. The third-order valence-corrected chi connectivity index (χ3v) is 3.53. The van der Waals surface area contributed by atoms with E-state index in [4.69, 9.17) is 9.47 Å². The van der Waals surface area contributed by atoms with Crippen LogP contribution in [0.5, 0.6) is 0 Å². The van der Waals surface area contributed by atoms with E-state index in [-0.39, 0.29) is 0 Å². The summed E-state index contributed by atoms with van der Waals surface area (Å²) in [7, 11) is 2.01. The molecular formula is C16H20N2O2. The SMILES string of the molecule is Cn1c(/C=C2\OC(C)(C)OC2(C)C)nc2ccccc21. The summed E-state index contributed by atoms with van der Waals surface area (Å²) >= 11 is 0. The lowest BCUT2D eigenvalue weighted by molar-refractivity contribution is -0.151. The van der Waals surface area contributed by atoms with Crippen LogP contribution in [0.4, 0.5) is 0 Å². The lowest BCUT2D eigenvalue weighted by Crippen LogP contribution is -2.26. The van der Waals surface area contributed by atoms with Crippen molar-refractivity contribution in [2.45, 2.75) is 39.1 Å². The summed E-state index contributed by atoms with van der Waals surface area (Å²) in [4.78, 5) is 4.64. The van der Waals surface area contributed by atoms with Crippen molar-refractivity contribution in [1.82, 2.24) is 9.55 Å². The minimum atomic E-state index is -0.597. The molecule has 4 heteroatoms. The molecule has 1 saturated heterocycles. The fraction of sp³-hybridized carbons (Fsp3) is 0.438. The monoisotopic (exact) mass is 272 g/mol. The number of fused-ring (bicyclic) bond motifs is 1. The number of aromatic nitrogens is 2. The van der Waals surface area contributed by atoms with E-state index in [1.165, 1.54) is 0 Å². The number of ether oxygens (including phenoxy) is 2. The molecule has 4 nitrogen and oxygen atoms in total. The standard InChI is InChI=1S/C16H20N2O2/c1-15(2)13(19-16(3,4)20-15)10-14-17-11-8-6-7-9-12(11)18(14)5/h6-10H,1-5H3/b13-10-. The molecule has 3 rings (SSSR count). The molecule has 1 aromatic heterocycles. The molecule has 0 amide bonds. The van der Waals surface area contributed by atoms with Crippen molar-refractivity contribution in [2.75, 3.05) is 0 Å². The molecular weight excluding hydrogens is 252 g/mol. The Morgan fingerprint density at radius 3 is 2.45 bits per heavy atom. The number of benzene rings is 1. The maximum absolute atomic E-state index is 5.91. The van der Waals surface area contributed by atoms with Crippen LogP contribution in [0, 0.1) is 0 Å². The number of para-hydroxylation sites is 2. The fourth-order valence-electron chi connectivity index (χ4n) is 2.69. The first-order valence-corrected chi connectivity index (χ1v) is 6.81.